The molecule has 0 aromatic rings. The van der Waals surface area contributed by atoms with Crippen molar-refractivity contribution < 1.29 is 39.6 Å². The molecule has 0 bridgehead atoms. The van der Waals surface area contributed by atoms with E-state index >= 15 is 0 Å². The zero-order chi connectivity index (χ0) is 18.5. The fourth-order valence-corrected chi connectivity index (χ4v) is 1.98. The Hall–Kier alpha value is -2.24. The number of nitrogens with zero attached hydrogens (tertiary/aromatic N) is 2. The second-order valence-electron chi connectivity index (χ2n) is 5.10. The predicted molar refractivity (Wildman–Crippen MR) is 80.9 cm³/mol. The molecular formula is C13H23N3O8. The summed E-state index contributed by atoms with van der Waals surface area (Å²) in [5, 5.41) is 37.7. The summed E-state index contributed by atoms with van der Waals surface area (Å²) in [4.78, 5) is 45.0. The molecule has 0 radical (unpaired) electrons. The van der Waals surface area contributed by atoms with E-state index < -0.39 is 23.9 Å². The maximum atomic E-state index is 10.6. The summed E-state index contributed by atoms with van der Waals surface area (Å²) in [5.41, 5.74) is 0. The average Bonchev–Trinajstić information content (AvgIpc) is 2.39. The molecule has 138 valence electrons. The number of carbonyl (C=O) groups is 4. The molecule has 11 heteroatoms. The van der Waals surface area contributed by atoms with Crippen LogP contribution >= 0.6 is 0 Å². The molecule has 0 atom stereocenters. The van der Waals surface area contributed by atoms with Crippen LogP contribution < -0.4 is 5.32 Å². The van der Waals surface area contributed by atoms with Gasteiger partial charge in [-0.25, -0.2) is 0 Å². The van der Waals surface area contributed by atoms with Crippen LogP contribution in [-0.2, 0) is 19.2 Å². The van der Waals surface area contributed by atoms with Gasteiger partial charge < -0.3 is 25.7 Å². The molecule has 24 heavy (non-hydrogen) atoms. The van der Waals surface area contributed by atoms with Gasteiger partial charge >= 0.3 is 23.9 Å². The van der Waals surface area contributed by atoms with Gasteiger partial charge in [-0.15, -0.1) is 0 Å². The number of rotatable bonds is 15. The minimum absolute atomic E-state index is 0.229. The van der Waals surface area contributed by atoms with Crippen LogP contribution in [-0.4, -0.2) is 106 Å². The summed E-state index contributed by atoms with van der Waals surface area (Å²) in [6, 6.07) is 0. The molecule has 5 N–H and O–H groups in total. The molecule has 0 aliphatic heterocycles. The molecule has 0 amide bonds. The summed E-state index contributed by atoms with van der Waals surface area (Å²) in [6.45, 7) is -0.152. The largest absolute Gasteiger partial charge is 0.480 e. The quantitative estimate of drug-likeness (QED) is 0.205. The summed E-state index contributed by atoms with van der Waals surface area (Å²) in [7, 11) is 0. The van der Waals surface area contributed by atoms with Gasteiger partial charge in [0.05, 0.1) is 26.2 Å². The van der Waals surface area contributed by atoms with Gasteiger partial charge in [0.2, 0.25) is 0 Å². The number of carboxylic acid groups (broad SMARTS) is 4. The first-order valence-corrected chi connectivity index (χ1v) is 7.23. The molecule has 0 aromatic carbocycles. The molecule has 0 fully saturated rings. The van der Waals surface area contributed by atoms with Gasteiger partial charge in [-0.05, 0) is 13.0 Å². The third-order valence-corrected chi connectivity index (χ3v) is 2.87. The monoisotopic (exact) mass is 349 g/mol. The van der Waals surface area contributed by atoms with Crippen molar-refractivity contribution in [3.63, 3.8) is 0 Å². The van der Waals surface area contributed by atoms with Crippen LogP contribution in [0.3, 0.4) is 0 Å². The number of hydrogen-bond acceptors (Lipinski definition) is 7. The van der Waals surface area contributed by atoms with E-state index in [1.54, 1.807) is 0 Å². The van der Waals surface area contributed by atoms with Gasteiger partial charge in [-0.1, -0.05) is 0 Å². The van der Waals surface area contributed by atoms with Crippen LogP contribution in [0.2, 0.25) is 0 Å². The molecule has 0 aromatic heterocycles. The van der Waals surface area contributed by atoms with Gasteiger partial charge in [-0.2, -0.15) is 0 Å². The van der Waals surface area contributed by atoms with Crippen molar-refractivity contribution in [3.05, 3.63) is 0 Å². The fourth-order valence-electron chi connectivity index (χ4n) is 1.98. The minimum atomic E-state index is -1.12. The lowest BCUT2D eigenvalue weighted by molar-refractivity contribution is -0.143. The Morgan fingerprint density at radius 3 is 1.38 bits per heavy atom. The molecule has 0 saturated carbocycles. The van der Waals surface area contributed by atoms with E-state index in [2.05, 4.69) is 5.32 Å². The molecule has 0 saturated heterocycles. The molecule has 0 aliphatic carbocycles. The van der Waals surface area contributed by atoms with Crippen LogP contribution in [0.1, 0.15) is 6.42 Å². The highest BCUT2D eigenvalue weighted by Gasteiger charge is 2.14. The second-order valence-corrected chi connectivity index (χ2v) is 5.10. The van der Waals surface area contributed by atoms with Crippen LogP contribution in [0.5, 0.6) is 0 Å². The number of hydrogen-bond donors (Lipinski definition) is 5. The van der Waals surface area contributed by atoms with E-state index in [0.29, 0.717) is 19.5 Å². The van der Waals surface area contributed by atoms with Crippen molar-refractivity contribution in [2.45, 2.75) is 6.42 Å². The topological polar surface area (TPSA) is 168 Å². The third kappa shape index (κ3) is 13.4. The Balaban J connectivity index is 3.99. The van der Waals surface area contributed by atoms with Crippen molar-refractivity contribution in [1.82, 2.24) is 15.1 Å². The van der Waals surface area contributed by atoms with Crippen LogP contribution in [0.4, 0.5) is 0 Å². The van der Waals surface area contributed by atoms with Gasteiger partial charge in [0, 0.05) is 19.6 Å². The maximum absolute atomic E-state index is 10.6. The van der Waals surface area contributed by atoms with E-state index in [9.17, 15) is 19.2 Å². The first kappa shape index (κ1) is 21.8. The van der Waals surface area contributed by atoms with E-state index in [-0.39, 0.29) is 39.3 Å². The standard InChI is InChI=1S/C13H23N3O8/c17-10(18)6-15(7-11(19)20)4-1-2-14-3-5-16(8-12(21)22)9-13(23)24/h14H,1-9H2,(H,17,18)(H,19,20)(H,21,22)(H,23,24). The summed E-state index contributed by atoms with van der Waals surface area (Å²) < 4.78 is 0. The number of nitrogens with one attached hydrogen (secondary N) is 1. The molecular weight excluding hydrogens is 326 g/mol. The van der Waals surface area contributed by atoms with Gasteiger partial charge in [0.1, 0.15) is 0 Å². The lowest BCUT2D eigenvalue weighted by Gasteiger charge is -2.19. The average molecular weight is 349 g/mol. The van der Waals surface area contributed by atoms with Gasteiger partial charge in [0.15, 0.2) is 0 Å². The van der Waals surface area contributed by atoms with Crippen LogP contribution in [0.25, 0.3) is 0 Å². The molecule has 0 heterocycles. The highest BCUT2D eigenvalue weighted by Crippen LogP contribution is 1.92. The SMILES string of the molecule is O=C(O)CN(CCCNCCN(CC(=O)O)CC(=O)O)CC(=O)O. The summed E-state index contributed by atoms with van der Waals surface area (Å²) in [5.74, 6) is -4.45. The smallest absolute Gasteiger partial charge is 0.317 e. The Bertz CT molecular complexity index is 371. The molecule has 0 unspecified atom stereocenters. The molecule has 11 nitrogen and oxygen atoms in total. The third-order valence-electron chi connectivity index (χ3n) is 2.87. The van der Waals surface area contributed by atoms with Crippen molar-refractivity contribution in [2.75, 3.05) is 52.4 Å². The molecule has 0 spiro atoms. The summed E-state index contributed by atoms with van der Waals surface area (Å²) >= 11 is 0. The van der Waals surface area contributed by atoms with Crippen LogP contribution in [0, 0.1) is 0 Å². The first-order valence-electron chi connectivity index (χ1n) is 7.23. The first-order chi connectivity index (χ1) is 11.2. The Morgan fingerprint density at radius 2 is 1.00 bits per heavy atom. The lowest BCUT2D eigenvalue weighted by Crippen LogP contribution is -2.40. The fraction of sp³-hybridized carbons (Fsp3) is 0.692. The Labute approximate surface area is 138 Å². The maximum Gasteiger partial charge on any atom is 0.317 e. The molecule has 0 aliphatic rings. The minimum Gasteiger partial charge on any atom is -0.480 e. The predicted octanol–water partition coefficient (Wildman–Crippen LogP) is -2.09. The summed E-state index contributed by atoms with van der Waals surface area (Å²) in [6.07, 6.45) is 0.498. The normalized spacial score (nSPS) is 10.9. The highest BCUT2D eigenvalue weighted by molar-refractivity contribution is 5.73. The van der Waals surface area contributed by atoms with Crippen molar-refractivity contribution in [3.8, 4) is 0 Å². The van der Waals surface area contributed by atoms with Crippen molar-refractivity contribution in [2.24, 2.45) is 0 Å². The number of carboxylic acids is 4. The second kappa shape index (κ2) is 12.2. The van der Waals surface area contributed by atoms with E-state index in [1.165, 1.54) is 9.80 Å². The highest BCUT2D eigenvalue weighted by atomic mass is 16.4. The van der Waals surface area contributed by atoms with E-state index in [4.69, 9.17) is 20.4 Å². The Kier molecular flexibility index (Phi) is 11.1. The van der Waals surface area contributed by atoms with Gasteiger partial charge in [-0.3, -0.25) is 29.0 Å². The van der Waals surface area contributed by atoms with E-state index in [1.807, 2.05) is 0 Å². The van der Waals surface area contributed by atoms with E-state index in [0.717, 1.165) is 0 Å². The number of aliphatic carboxylic acids is 4. The van der Waals surface area contributed by atoms with Crippen molar-refractivity contribution >= 4 is 23.9 Å². The van der Waals surface area contributed by atoms with Crippen molar-refractivity contribution in [1.29, 1.82) is 0 Å². The Morgan fingerprint density at radius 1 is 0.625 bits per heavy atom. The lowest BCUT2D eigenvalue weighted by atomic mass is 10.3. The molecule has 0 rings (SSSR count). The van der Waals surface area contributed by atoms with Gasteiger partial charge in [0.25, 0.3) is 0 Å². The van der Waals surface area contributed by atoms with Crippen LogP contribution in [0.15, 0.2) is 0 Å². The zero-order valence-corrected chi connectivity index (χ0v) is 13.2. The zero-order valence-electron chi connectivity index (χ0n) is 13.2.